The number of halogens is 2. The normalized spacial score (nSPS) is 21.8. The van der Waals surface area contributed by atoms with Crippen LogP contribution >= 0.6 is 0 Å². The van der Waals surface area contributed by atoms with E-state index in [1.54, 1.807) is 12.1 Å². The Morgan fingerprint density at radius 1 is 1.25 bits per heavy atom. The Kier molecular flexibility index (Phi) is 6.35. The minimum atomic E-state index is -3.17. The number of rotatable bonds is 7. The van der Waals surface area contributed by atoms with Gasteiger partial charge in [-0.05, 0) is 55.4 Å². The standard InChI is InChI=1S/C19H24F2O3/c1-2-3-14-4-9-16(10-5-14)19(20,21)24-17-11-6-15(7-12-17)8-13-18(22)23/h6-8,11-14,16H,2-5,9-10H2,1H3,(H,22,23)/b13-8+. The third-order valence-electron chi connectivity index (χ3n) is 4.57. The lowest BCUT2D eigenvalue weighted by molar-refractivity contribution is -0.223. The van der Waals surface area contributed by atoms with Gasteiger partial charge in [0.15, 0.2) is 0 Å². The predicted molar refractivity (Wildman–Crippen MR) is 89.0 cm³/mol. The number of alkyl halides is 2. The lowest BCUT2D eigenvalue weighted by Gasteiger charge is -2.33. The maximum Gasteiger partial charge on any atom is 0.400 e. The summed E-state index contributed by atoms with van der Waals surface area (Å²) in [6, 6.07) is 6.00. The van der Waals surface area contributed by atoms with Crippen LogP contribution in [0.25, 0.3) is 6.08 Å². The lowest BCUT2D eigenvalue weighted by atomic mass is 9.79. The van der Waals surface area contributed by atoms with Crippen LogP contribution in [0.2, 0.25) is 0 Å². The van der Waals surface area contributed by atoms with Crippen LogP contribution in [0.15, 0.2) is 30.3 Å². The van der Waals surface area contributed by atoms with E-state index in [0.717, 1.165) is 31.8 Å². The molecule has 1 aromatic rings. The van der Waals surface area contributed by atoms with Crippen LogP contribution in [-0.2, 0) is 4.79 Å². The molecule has 0 heterocycles. The van der Waals surface area contributed by atoms with Gasteiger partial charge in [0.05, 0.1) is 5.92 Å². The Morgan fingerprint density at radius 3 is 2.42 bits per heavy atom. The van der Waals surface area contributed by atoms with E-state index in [9.17, 15) is 13.6 Å². The molecule has 2 rings (SSSR count). The molecule has 1 N–H and O–H groups in total. The molecule has 1 aromatic carbocycles. The van der Waals surface area contributed by atoms with Crippen molar-refractivity contribution in [2.45, 2.75) is 51.6 Å². The molecule has 1 aliphatic rings. The Morgan fingerprint density at radius 2 is 1.88 bits per heavy atom. The zero-order valence-electron chi connectivity index (χ0n) is 13.9. The molecule has 0 atom stereocenters. The SMILES string of the molecule is CCCC1CCC(C(F)(F)Oc2ccc(/C=C/C(=O)O)cc2)CC1. The quantitative estimate of drug-likeness (QED) is 0.681. The van der Waals surface area contributed by atoms with Crippen molar-refractivity contribution in [2.75, 3.05) is 0 Å². The van der Waals surface area contributed by atoms with E-state index < -0.39 is 18.0 Å². The summed E-state index contributed by atoms with van der Waals surface area (Å²) in [7, 11) is 0. The molecule has 0 unspecified atom stereocenters. The highest BCUT2D eigenvalue weighted by atomic mass is 19.3. The van der Waals surface area contributed by atoms with Crippen LogP contribution < -0.4 is 4.74 Å². The van der Waals surface area contributed by atoms with Gasteiger partial charge in [0, 0.05) is 6.08 Å². The zero-order chi connectivity index (χ0) is 17.6. The highest BCUT2D eigenvalue weighted by Crippen LogP contribution is 2.41. The first kappa shape index (κ1) is 18.4. The first-order valence-corrected chi connectivity index (χ1v) is 8.48. The average Bonchev–Trinajstić information content (AvgIpc) is 2.55. The molecule has 0 radical (unpaired) electrons. The topological polar surface area (TPSA) is 46.5 Å². The minimum absolute atomic E-state index is 0.100. The molecule has 0 spiro atoms. The molecule has 3 nitrogen and oxygen atoms in total. The fraction of sp³-hybridized carbons (Fsp3) is 0.526. The summed E-state index contributed by atoms with van der Waals surface area (Å²) in [6.45, 7) is 2.12. The number of aliphatic carboxylic acids is 1. The Balaban J connectivity index is 1.93. The molecule has 132 valence electrons. The van der Waals surface area contributed by atoms with Gasteiger partial charge in [-0.3, -0.25) is 0 Å². The molecule has 0 aliphatic heterocycles. The highest BCUT2D eigenvalue weighted by molar-refractivity contribution is 5.85. The summed E-state index contributed by atoms with van der Waals surface area (Å²) in [5.41, 5.74) is 0.619. The molecule has 0 saturated heterocycles. The Hall–Kier alpha value is -1.91. The Bertz CT molecular complexity index is 558. The molecular formula is C19H24F2O3. The lowest BCUT2D eigenvalue weighted by Crippen LogP contribution is -2.37. The number of carboxylic acids is 1. The van der Waals surface area contributed by atoms with Crippen LogP contribution in [0.3, 0.4) is 0 Å². The summed E-state index contributed by atoms with van der Waals surface area (Å²) < 4.78 is 33.6. The van der Waals surface area contributed by atoms with Gasteiger partial charge in [-0.2, -0.15) is 8.78 Å². The van der Waals surface area contributed by atoms with E-state index in [1.807, 2.05) is 0 Å². The minimum Gasteiger partial charge on any atom is -0.478 e. The second-order valence-corrected chi connectivity index (χ2v) is 6.41. The fourth-order valence-electron chi connectivity index (χ4n) is 3.25. The van der Waals surface area contributed by atoms with Gasteiger partial charge in [0.1, 0.15) is 5.75 Å². The monoisotopic (exact) mass is 338 g/mol. The van der Waals surface area contributed by atoms with Crippen LogP contribution in [0.5, 0.6) is 5.75 Å². The van der Waals surface area contributed by atoms with Gasteiger partial charge >= 0.3 is 12.1 Å². The van der Waals surface area contributed by atoms with Crippen molar-refractivity contribution in [1.29, 1.82) is 0 Å². The maximum absolute atomic E-state index is 14.3. The zero-order valence-corrected chi connectivity index (χ0v) is 13.9. The molecule has 5 heteroatoms. The Labute approximate surface area is 141 Å². The molecular weight excluding hydrogens is 314 g/mol. The van der Waals surface area contributed by atoms with Crippen molar-refractivity contribution in [3.8, 4) is 5.75 Å². The number of ether oxygens (including phenoxy) is 1. The number of benzene rings is 1. The summed E-state index contributed by atoms with van der Waals surface area (Å²) in [6.07, 6.45) is 4.13. The molecule has 1 fully saturated rings. The first-order valence-electron chi connectivity index (χ1n) is 8.48. The van der Waals surface area contributed by atoms with Crippen LogP contribution in [0.4, 0.5) is 8.78 Å². The third kappa shape index (κ3) is 5.32. The molecule has 24 heavy (non-hydrogen) atoms. The summed E-state index contributed by atoms with van der Waals surface area (Å²) >= 11 is 0. The number of hydrogen-bond acceptors (Lipinski definition) is 2. The van der Waals surface area contributed by atoms with Crippen molar-refractivity contribution in [3.63, 3.8) is 0 Å². The van der Waals surface area contributed by atoms with E-state index in [0.29, 0.717) is 24.3 Å². The molecule has 0 bridgehead atoms. The van der Waals surface area contributed by atoms with E-state index in [-0.39, 0.29) is 5.75 Å². The summed E-state index contributed by atoms with van der Waals surface area (Å²) in [5.74, 6) is -1.12. The van der Waals surface area contributed by atoms with Gasteiger partial charge in [0.25, 0.3) is 0 Å². The van der Waals surface area contributed by atoms with E-state index in [4.69, 9.17) is 9.84 Å². The van der Waals surface area contributed by atoms with Gasteiger partial charge in [0.2, 0.25) is 0 Å². The van der Waals surface area contributed by atoms with Gasteiger partial charge in [-0.1, -0.05) is 31.9 Å². The van der Waals surface area contributed by atoms with E-state index in [1.165, 1.54) is 18.2 Å². The molecule has 0 amide bonds. The largest absolute Gasteiger partial charge is 0.478 e. The van der Waals surface area contributed by atoms with Crippen LogP contribution in [0.1, 0.15) is 51.0 Å². The van der Waals surface area contributed by atoms with Gasteiger partial charge in [-0.25, -0.2) is 4.79 Å². The van der Waals surface area contributed by atoms with Crippen molar-refractivity contribution in [1.82, 2.24) is 0 Å². The molecule has 1 saturated carbocycles. The van der Waals surface area contributed by atoms with E-state index >= 15 is 0 Å². The van der Waals surface area contributed by atoms with Crippen molar-refractivity contribution < 1.29 is 23.4 Å². The van der Waals surface area contributed by atoms with Crippen LogP contribution in [-0.4, -0.2) is 17.2 Å². The van der Waals surface area contributed by atoms with Gasteiger partial charge in [-0.15, -0.1) is 0 Å². The molecule has 1 aliphatic carbocycles. The second-order valence-electron chi connectivity index (χ2n) is 6.41. The average molecular weight is 338 g/mol. The smallest absolute Gasteiger partial charge is 0.400 e. The highest BCUT2D eigenvalue weighted by Gasteiger charge is 2.43. The van der Waals surface area contributed by atoms with Crippen molar-refractivity contribution in [2.24, 2.45) is 11.8 Å². The maximum atomic E-state index is 14.3. The number of carboxylic acid groups (broad SMARTS) is 1. The van der Waals surface area contributed by atoms with Crippen molar-refractivity contribution >= 4 is 12.0 Å². The number of carbonyl (C=O) groups is 1. The molecule has 0 aromatic heterocycles. The summed E-state index contributed by atoms with van der Waals surface area (Å²) in [5, 5.41) is 8.57. The second kappa shape index (κ2) is 8.27. The van der Waals surface area contributed by atoms with E-state index in [2.05, 4.69) is 6.92 Å². The fourth-order valence-corrected chi connectivity index (χ4v) is 3.25. The van der Waals surface area contributed by atoms with Crippen LogP contribution in [0, 0.1) is 11.8 Å². The van der Waals surface area contributed by atoms with Gasteiger partial charge < -0.3 is 9.84 Å². The third-order valence-corrected chi connectivity index (χ3v) is 4.57. The number of hydrogen-bond donors (Lipinski definition) is 1. The predicted octanol–water partition coefficient (Wildman–Crippen LogP) is 5.36. The van der Waals surface area contributed by atoms with Crippen molar-refractivity contribution in [3.05, 3.63) is 35.9 Å². The summed E-state index contributed by atoms with van der Waals surface area (Å²) in [4.78, 5) is 10.5. The first-order chi connectivity index (χ1) is 11.4.